The van der Waals surface area contributed by atoms with Crippen LogP contribution in [0.5, 0.6) is 0 Å². The highest BCUT2D eigenvalue weighted by atomic mass is 79.9. The third-order valence-corrected chi connectivity index (χ3v) is 4.82. The number of nitrogens with zero attached hydrogens (tertiary/aromatic N) is 2. The van der Waals surface area contributed by atoms with Crippen LogP contribution in [0.1, 0.15) is 18.4 Å². The van der Waals surface area contributed by atoms with Crippen LogP contribution in [0, 0.1) is 0 Å². The Bertz CT molecular complexity index is 573. The van der Waals surface area contributed by atoms with Crippen LogP contribution in [0.2, 0.25) is 0 Å². The molecule has 0 aromatic heterocycles. The number of rotatable bonds is 3. The lowest BCUT2D eigenvalue weighted by atomic mass is 10.1. The molecule has 1 aromatic rings. The maximum atomic E-state index is 10.8. The summed E-state index contributed by atoms with van der Waals surface area (Å²) >= 11 is 3.52. The van der Waals surface area contributed by atoms with Gasteiger partial charge in [-0.05, 0) is 43.2 Å². The molecule has 3 rings (SSSR count). The Hall–Kier alpha value is -1.33. The molecule has 1 aromatic carbocycles. The van der Waals surface area contributed by atoms with Crippen LogP contribution < -0.4 is 4.90 Å². The van der Waals surface area contributed by atoms with Gasteiger partial charge in [0.15, 0.2) is 0 Å². The normalized spacial score (nSPS) is 22.7. The Morgan fingerprint density at radius 1 is 1.33 bits per heavy atom. The summed E-state index contributed by atoms with van der Waals surface area (Å²) in [5.41, 5.74) is 2.08. The minimum Gasteiger partial charge on any atom is -0.478 e. The number of hydrogen-bond donors (Lipinski definition) is 1. The van der Waals surface area contributed by atoms with Crippen LogP contribution in [0.25, 0.3) is 6.08 Å². The van der Waals surface area contributed by atoms with Crippen molar-refractivity contribution in [1.29, 1.82) is 0 Å². The third-order valence-electron chi connectivity index (χ3n) is 4.33. The molecule has 2 saturated heterocycles. The molecular weight excluding hydrogens is 332 g/mol. The van der Waals surface area contributed by atoms with Crippen molar-refractivity contribution in [2.75, 3.05) is 31.1 Å². The Balaban J connectivity index is 1.86. The predicted octanol–water partition coefficient (Wildman–Crippen LogP) is 2.83. The molecule has 1 unspecified atom stereocenters. The van der Waals surface area contributed by atoms with E-state index in [1.807, 2.05) is 12.1 Å². The number of hydrogen-bond acceptors (Lipinski definition) is 3. The highest BCUT2D eigenvalue weighted by Gasteiger charge is 2.31. The molecule has 5 heteroatoms. The number of piperazine rings is 1. The van der Waals surface area contributed by atoms with Gasteiger partial charge < -0.3 is 10.0 Å². The second kappa shape index (κ2) is 6.20. The van der Waals surface area contributed by atoms with Gasteiger partial charge in [-0.1, -0.05) is 22.0 Å². The summed E-state index contributed by atoms with van der Waals surface area (Å²) in [6.45, 7) is 4.35. The average Bonchev–Trinajstić information content (AvgIpc) is 2.93. The molecule has 0 saturated carbocycles. The van der Waals surface area contributed by atoms with Crippen LogP contribution >= 0.6 is 15.9 Å². The quantitative estimate of drug-likeness (QED) is 0.851. The summed E-state index contributed by atoms with van der Waals surface area (Å²) in [5, 5.41) is 8.84. The molecule has 2 heterocycles. The van der Waals surface area contributed by atoms with Gasteiger partial charge in [-0.2, -0.15) is 0 Å². The summed E-state index contributed by atoms with van der Waals surface area (Å²) in [7, 11) is 0. The van der Waals surface area contributed by atoms with Gasteiger partial charge >= 0.3 is 5.97 Å². The summed E-state index contributed by atoms with van der Waals surface area (Å²) in [6, 6.07) is 6.66. The number of anilines is 1. The smallest absolute Gasteiger partial charge is 0.328 e. The number of halogens is 1. The van der Waals surface area contributed by atoms with Crippen molar-refractivity contribution in [3.05, 3.63) is 34.3 Å². The lowest BCUT2D eigenvalue weighted by Crippen LogP contribution is -2.50. The van der Waals surface area contributed by atoms with Gasteiger partial charge in [0.25, 0.3) is 0 Å². The van der Waals surface area contributed by atoms with Crippen molar-refractivity contribution < 1.29 is 9.90 Å². The van der Waals surface area contributed by atoms with E-state index in [4.69, 9.17) is 5.11 Å². The molecule has 2 aliphatic rings. The zero-order valence-electron chi connectivity index (χ0n) is 11.8. The highest BCUT2D eigenvalue weighted by Crippen LogP contribution is 2.30. The van der Waals surface area contributed by atoms with Gasteiger partial charge in [-0.25, -0.2) is 4.79 Å². The zero-order chi connectivity index (χ0) is 14.8. The molecular formula is C16H19BrN2O2. The molecule has 0 spiro atoms. The van der Waals surface area contributed by atoms with Gasteiger partial charge in [-0.15, -0.1) is 0 Å². The fourth-order valence-corrected chi connectivity index (χ4v) is 3.65. The molecule has 0 bridgehead atoms. The second-order valence-corrected chi connectivity index (χ2v) is 6.57. The number of carboxylic acids is 1. The minimum absolute atomic E-state index is 0.647. The SMILES string of the molecule is O=C(O)/C=C/c1ccc(Br)cc1N1CCN2CCCC2C1. The van der Waals surface area contributed by atoms with Crippen LogP contribution in [0.4, 0.5) is 5.69 Å². The largest absolute Gasteiger partial charge is 0.478 e. The molecule has 2 fully saturated rings. The molecule has 112 valence electrons. The first-order valence-corrected chi connectivity index (χ1v) is 8.12. The lowest BCUT2D eigenvalue weighted by Gasteiger charge is -2.39. The van der Waals surface area contributed by atoms with Gasteiger partial charge in [0, 0.05) is 41.9 Å². The molecule has 1 N–H and O–H groups in total. The number of benzene rings is 1. The standard InChI is InChI=1S/C16H19BrN2O2/c17-13-5-3-12(4-6-16(20)21)15(10-13)19-9-8-18-7-1-2-14(18)11-19/h3-6,10,14H,1-2,7-9,11H2,(H,20,21)/b6-4+. The summed E-state index contributed by atoms with van der Waals surface area (Å²) in [4.78, 5) is 15.7. The Morgan fingerprint density at radius 3 is 3.00 bits per heavy atom. The Morgan fingerprint density at radius 2 is 2.19 bits per heavy atom. The summed E-state index contributed by atoms with van der Waals surface area (Å²) in [5.74, 6) is -0.913. The zero-order valence-corrected chi connectivity index (χ0v) is 13.4. The van der Waals surface area contributed by atoms with E-state index in [2.05, 4.69) is 31.8 Å². The Labute approximate surface area is 133 Å². The lowest BCUT2D eigenvalue weighted by molar-refractivity contribution is -0.131. The molecule has 0 radical (unpaired) electrons. The molecule has 1 atom stereocenters. The first kappa shape index (κ1) is 14.6. The first-order chi connectivity index (χ1) is 10.1. The predicted molar refractivity (Wildman–Crippen MR) is 87.6 cm³/mol. The fraction of sp³-hybridized carbons (Fsp3) is 0.438. The van der Waals surface area contributed by atoms with Crippen molar-refractivity contribution in [2.45, 2.75) is 18.9 Å². The first-order valence-electron chi connectivity index (χ1n) is 7.33. The van der Waals surface area contributed by atoms with Crippen molar-refractivity contribution in [2.24, 2.45) is 0 Å². The number of carbonyl (C=O) groups is 1. The molecule has 4 nitrogen and oxygen atoms in total. The van der Waals surface area contributed by atoms with E-state index >= 15 is 0 Å². The number of carboxylic acid groups (broad SMARTS) is 1. The van der Waals surface area contributed by atoms with E-state index in [0.717, 1.165) is 35.4 Å². The fourth-order valence-electron chi connectivity index (χ4n) is 3.30. The van der Waals surface area contributed by atoms with Crippen LogP contribution in [-0.2, 0) is 4.79 Å². The molecule has 2 aliphatic heterocycles. The van der Waals surface area contributed by atoms with Gasteiger partial charge in [0.1, 0.15) is 0 Å². The van der Waals surface area contributed by atoms with E-state index in [1.165, 1.54) is 25.5 Å². The second-order valence-electron chi connectivity index (χ2n) is 5.65. The average molecular weight is 351 g/mol. The van der Waals surface area contributed by atoms with E-state index in [0.29, 0.717) is 6.04 Å². The maximum absolute atomic E-state index is 10.8. The molecule has 21 heavy (non-hydrogen) atoms. The van der Waals surface area contributed by atoms with Crippen molar-refractivity contribution in [3.8, 4) is 0 Å². The van der Waals surface area contributed by atoms with Crippen molar-refractivity contribution >= 4 is 33.7 Å². The van der Waals surface area contributed by atoms with E-state index in [9.17, 15) is 4.79 Å². The topological polar surface area (TPSA) is 43.8 Å². The third kappa shape index (κ3) is 3.30. The monoisotopic (exact) mass is 350 g/mol. The summed E-state index contributed by atoms with van der Waals surface area (Å²) < 4.78 is 1.03. The van der Waals surface area contributed by atoms with Gasteiger partial charge in [0.05, 0.1) is 0 Å². The molecule has 0 aliphatic carbocycles. The van der Waals surface area contributed by atoms with Crippen LogP contribution in [-0.4, -0.2) is 48.2 Å². The van der Waals surface area contributed by atoms with Crippen LogP contribution in [0.15, 0.2) is 28.7 Å². The minimum atomic E-state index is -0.913. The van der Waals surface area contributed by atoms with Gasteiger partial charge in [-0.3, -0.25) is 4.90 Å². The molecule has 0 amide bonds. The summed E-state index contributed by atoms with van der Waals surface area (Å²) in [6.07, 6.45) is 5.46. The highest BCUT2D eigenvalue weighted by molar-refractivity contribution is 9.10. The number of aliphatic carboxylic acids is 1. The van der Waals surface area contributed by atoms with E-state index in [1.54, 1.807) is 6.08 Å². The number of fused-ring (bicyclic) bond motifs is 1. The van der Waals surface area contributed by atoms with Crippen LogP contribution in [0.3, 0.4) is 0 Å². The van der Waals surface area contributed by atoms with Crippen molar-refractivity contribution in [3.63, 3.8) is 0 Å². The van der Waals surface area contributed by atoms with E-state index in [-0.39, 0.29) is 0 Å². The van der Waals surface area contributed by atoms with Crippen molar-refractivity contribution in [1.82, 2.24) is 4.90 Å². The van der Waals surface area contributed by atoms with Gasteiger partial charge in [0.2, 0.25) is 0 Å². The maximum Gasteiger partial charge on any atom is 0.328 e. The van der Waals surface area contributed by atoms with E-state index < -0.39 is 5.97 Å². The Kier molecular flexibility index (Phi) is 4.31.